The van der Waals surface area contributed by atoms with Crippen LogP contribution in [0.5, 0.6) is 5.75 Å². The zero-order valence-corrected chi connectivity index (χ0v) is 15.7. The Kier molecular flexibility index (Phi) is 6.10. The Morgan fingerprint density at radius 1 is 1.03 bits per heavy atom. The van der Waals surface area contributed by atoms with Crippen LogP contribution >= 0.6 is 0 Å². The lowest BCUT2D eigenvalue weighted by Crippen LogP contribution is -2.19. The van der Waals surface area contributed by atoms with Crippen molar-refractivity contribution < 1.29 is 31.9 Å². The molecular weight excluding hydrogens is 401 g/mol. The van der Waals surface area contributed by atoms with Crippen LogP contribution in [0.15, 0.2) is 65.3 Å². The highest BCUT2D eigenvalue weighted by atomic mass is 19.4. The topological polar surface area (TPSA) is 80.6 Å². The molecule has 0 spiro atoms. The van der Waals surface area contributed by atoms with E-state index in [1.165, 1.54) is 31.6 Å². The van der Waals surface area contributed by atoms with Crippen LogP contribution in [0.3, 0.4) is 0 Å². The lowest BCUT2D eigenvalue weighted by molar-refractivity contribution is -0.136. The van der Waals surface area contributed by atoms with Gasteiger partial charge in [-0.1, -0.05) is 12.1 Å². The zero-order valence-electron chi connectivity index (χ0n) is 15.7. The average Bonchev–Trinajstić information content (AvgIpc) is 3.23. The van der Waals surface area contributed by atoms with E-state index in [4.69, 9.17) is 9.15 Å². The molecule has 0 saturated carbocycles. The smallest absolute Gasteiger partial charge is 0.418 e. The molecule has 0 bridgehead atoms. The summed E-state index contributed by atoms with van der Waals surface area (Å²) < 4.78 is 50.5. The molecule has 1 heterocycles. The molecular formula is C21H17F3N2O4. The molecule has 6 nitrogen and oxygen atoms in total. The number of amides is 2. The summed E-state index contributed by atoms with van der Waals surface area (Å²) in [5, 5.41) is 4.61. The first-order valence-corrected chi connectivity index (χ1v) is 8.75. The highest BCUT2D eigenvalue weighted by molar-refractivity contribution is 6.02. The van der Waals surface area contributed by atoms with Gasteiger partial charge in [0.1, 0.15) is 5.75 Å². The van der Waals surface area contributed by atoms with E-state index < -0.39 is 29.2 Å². The third-order valence-corrected chi connectivity index (χ3v) is 4.10. The maximum absolute atomic E-state index is 13.5. The predicted molar refractivity (Wildman–Crippen MR) is 103 cm³/mol. The number of carbonyl (C=O) groups is 2. The van der Waals surface area contributed by atoms with Gasteiger partial charge < -0.3 is 19.8 Å². The van der Waals surface area contributed by atoms with Gasteiger partial charge in [-0.2, -0.15) is 13.2 Å². The van der Waals surface area contributed by atoms with Crippen LogP contribution in [0.1, 0.15) is 21.7 Å². The van der Waals surface area contributed by atoms with E-state index in [9.17, 15) is 22.8 Å². The van der Waals surface area contributed by atoms with E-state index in [0.29, 0.717) is 11.3 Å². The van der Waals surface area contributed by atoms with E-state index in [-0.39, 0.29) is 17.9 Å². The standard InChI is InChI=1S/C21H17F3N2O4/c1-29-15-5-2-4-13(10-15)11-19(27)26-17-8-7-14(12-16(17)21(22,23)24)25-20(28)18-6-3-9-30-18/h2-10,12H,11H2,1H3,(H,25,28)(H,26,27). The fourth-order valence-corrected chi connectivity index (χ4v) is 2.73. The summed E-state index contributed by atoms with van der Waals surface area (Å²) in [5.41, 5.74) is -0.998. The number of alkyl halides is 3. The van der Waals surface area contributed by atoms with Crippen molar-refractivity contribution in [3.8, 4) is 5.75 Å². The average molecular weight is 418 g/mol. The molecule has 3 aromatic rings. The Hall–Kier alpha value is -3.75. The van der Waals surface area contributed by atoms with Crippen LogP contribution in [-0.2, 0) is 17.4 Å². The number of hydrogen-bond donors (Lipinski definition) is 2. The second kappa shape index (κ2) is 8.73. The Morgan fingerprint density at radius 3 is 2.50 bits per heavy atom. The summed E-state index contributed by atoms with van der Waals surface area (Å²) in [5.74, 6) is -0.823. The number of halogens is 3. The molecule has 0 aliphatic carbocycles. The summed E-state index contributed by atoms with van der Waals surface area (Å²) in [4.78, 5) is 24.3. The van der Waals surface area contributed by atoms with Crippen molar-refractivity contribution in [3.05, 3.63) is 77.7 Å². The highest BCUT2D eigenvalue weighted by Gasteiger charge is 2.34. The van der Waals surface area contributed by atoms with Gasteiger partial charge in [-0.15, -0.1) is 0 Å². The van der Waals surface area contributed by atoms with Crippen LogP contribution < -0.4 is 15.4 Å². The summed E-state index contributed by atoms with van der Waals surface area (Å²) in [7, 11) is 1.47. The van der Waals surface area contributed by atoms with Gasteiger partial charge in [-0.05, 0) is 48.0 Å². The van der Waals surface area contributed by atoms with Crippen molar-refractivity contribution in [1.29, 1.82) is 0 Å². The number of furan rings is 1. The minimum Gasteiger partial charge on any atom is -0.497 e. The quantitative estimate of drug-likeness (QED) is 0.606. The Bertz CT molecular complexity index is 1050. The van der Waals surface area contributed by atoms with Crippen LogP contribution in [0.25, 0.3) is 0 Å². The normalized spacial score (nSPS) is 11.1. The SMILES string of the molecule is COc1cccc(CC(=O)Nc2ccc(NC(=O)c3ccco3)cc2C(F)(F)F)c1. The minimum absolute atomic E-state index is 0.0424. The Morgan fingerprint density at radius 2 is 1.83 bits per heavy atom. The van der Waals surface area contributed by atoms with Crippen molar-refractivity contribution in [2.24, 2.45) is 0 Å². The van der Waals surface area contributed by atoms with E-state index in [2.05, 4.69) is 10.6 Å². The maximum atomic E-state index is 13.5. The third kappa shape index (κ3) is 5.19. The summed E-state index contributed by atoms with van der Waals surface area (Å²) in [6.45, 7) is 0. The van der Waals surface area contributed by atoms with Crippen molar-refractivity contribution in [2.45, 2.75) is 12.6 Å². The minimum atomic E-state index is -4.75. The van der Waals surface area contributed by atoms with Gasteiger partial charge in [0, 0.05) is 5.69 Å². The van der Waals surface area contributed by atoms with Crippen LogP contribution in [0.2, 0.25) is 0 Å². The van der Waals surface area contributed by atoms with E-state index in [1.54, 1.807) is 24.3 Å². The molecule has 0 aliphatic heterocycles. The second-order valence-corrected chi connectivity index (χ2v) is 6.27. The van der Waals surface area contributed by atoms with Crippen LogP contribution in [0, 0.1) is 0 Å². The molecule has 0 atom stereocenters. The lowest BCUT2D eigenvalue weighted by atomic mass is 10.1. The van der Waals surface area contributed by atoms with Crippen molar-refractivity contribution in [1.82, 2.24) is 0 Å². The van der Waals surface area contributed by atoms with Gasteiger partial charge in [0.15, 0.2) is 5.76 Å². The second-order valence-electron chi connectivity index (χ2n) is 6.27. The number of ether oxygens (including phenoxy) is 1. The molecule has 30 heavy (non-hydrogen) atoms. The molecule has 1 aromatic heterocycles. The monoisotopic (exact) mass is 418 g/mol. The first-order valence-electron chi connectivity index (χ1n) is 8.75. The Balaban J connectivity index is 1.78. The molecule has 0 radical (unpaired) electrons. The summed E-state index contributed by atoms with van der Waals surface area (Å²) in [6.07, 6.45) is -3.60. The maximum Gasteiger partial charge on any atom is 0.418 e. The summed E-state index contributed by atoms with van der Waals surface area (Å²) in [6, 6.07) is 12.6. The number of hydrogen-bond acceptors (Lipinski definition) is 4. The number of benzene rings is 2. The lowest BCUT2D eigenvalue weighted by Gasteiger charge is -2.16. The molecule has 2 aromatic carbocycles. The predicted octanol–water partition coefficient (Wildman–Crippen LogP) is 4.74. The molecule has 0 fully saturated rings. The van der Waals surface area contributed by atoms with Crippen molar-refractivity contribution in [2.75, 3.05) is 17.7 Å². The van der Waals surface area contributed by atoms with Gasteiger partial charge in [0.05, 0.1) is 31.0 Å². The molecule has 156 valence electrons. The third-order valence-electron chi connectivity index (χ3n) is 4.10. The van der Waals surface area contributed by atoms with Crippen molar-refractivity contribution >= 4 is 23.2 Å². The van der Waals surface area contributed by atoms with E-state index in [1.807, 2.05) is 0 Å². The first-order chi connectivity index (χ1) is 14.3. The van der Waals surface area contributed by atoms with Gasteiger partial charge >= 0.3 is 6.18 Å². The molecule has 0 saturated heterocycles. The largest absolute Gasteiger partial charge is 0.497 e. The first kappa shape index (κ1) is 21.0. The fraction of sp³-hybridized carbons (Fsp3) is 0.143. The summed E-state index contributed by atoms with van der Waals surface area (Å²) >= 11 is 0. The molecule has 0 unspecified atom stereocenters. The Labute approximate surface area is 169 Å². The number of nitrogens with one attached hydrogen (secondary N) is 2. The zero-order chi connectivity index (χ0) is 21.7. The van der Waals surface area contributed by atoms with Gasteiger partial charge in [-0.3, -0.25) is 9.59 Å². The van der Waals surface area contributed by atoms with Gasteiger partial charge in [0.25, 0.3) is 5.91 Å². The van der Waals surface area contributed by atoms with Crippen LogP contribution in [-0.4, -0.2) is 18.9 Å². The fourth-order valence-electron chi connectivity index (χ4n) is 2.73. The van der Waals surface area contributed by atoms with Gasteiger partial charge in [0.2, 0.25) is 5.91 Å². The number of carbonyl (C=O) groups excluding carboxylic acids is 2. The number of rotatable bonds is 6. The molecule has 0 aliphatic rings. The number of methoxy groups -OCH3 is 1. The highest BCUT2D eigenvalue weighted by Crippen LogP contribution is 2.36. The molecule has 2 amide bonds. The molecule has 2 N–H and O–H groups in total. The van der Waals surface area contributed by atoms with Crippen molar-refractivity contribution in [3.63, 3.8) is 0 Å². The molecule has 9 heteroatoms. The van der Waals surface area contributed by atoms with Gasteiger partial charge in [-0.25, -0.2) is 0 Å². The van der Waals surface area contributed by atoms with E-state index in [0.717, 1.165) is 12.1 Å². The number of anilines is 2. The van der Waals surface area contributed by atoms with Crippen LogP contribution in [0.4, 0.5) is 24.5 Å². The molecule has 3 rings (SSSR count). The van der Waals surface area contributed by atoms with E-state index >= 15 is 0 Å².